The minimum Gasteiger partial charge on any atom is -0.291 e. The van der Waals surface area contributed by atoms with Crippen molar-refractivity contribution in [1.82, 2.24) is 0 Å². The van der Waals surface area contributed by atoms with Crippen molar-refractivity contribution in [2.24, 2.45) is 0 Å². The van der Waals surface area contributed by atoms with Gasteiger partial charge in [0.2, 0.25) is 5.78 Å². The van der Waals surface area contributed by atoms with Gasteiger partial charge in [-0.1, -0.05) is 19.8 Å². The molecule has 0 aromatic heterocycles. The second-order valence-corrected chi connectivity index (χ2v) is 6.40. The summed E-state index contributed by atoms with van der Waals surface area (Å²) in [6.45, 7) is 2.10. The molecule has 0 aliphatic carbocycles. The summed E-state index contributed by atoms with van der Waals surface area (Å²) >= 11 is 3.26. The highest BCUT2D eigenvalue weighted by atomic mass is 32.2. The van der Waals surface area contributed by atoms with Gasteiger partial charge < -0.3 is 0 Å². The molecule has 1 heterocycles. The number of carbonyl (C=O) groups is 2. The lowest BCUT2D eigenvalue weighted by molar-refractivity contribution is -0.135. The van der Waals surface area contributed by atoms with E-state index in [-0.39, 0.29) is 16.1 Å². The average Bonchev–Trinajstić information content (AvgIpc) is 2.29. The number of thioether (sulfide) groups is 2. The Morgan fingerprint density at radius 2 is 1.87 bits per heavy atom. The van der Waals surface area contributed by atoms with Gasteiger partial charge in [0, 0.05) is 6.42 Å². The molecule has 0 N–H and O–H groups in total. The van der Waals surface area contributed by atoms with Gasteiger partial charge in [0.05, 0.1) is 0 Å². The normalized spacial score (nSPS) is 17.7. The number of ketones is 2. The van der Waals surface area contributed by atoms with E-state index in [9.17, 15) is 9.59 Å². The largest absolute Gasteiger partial charge is 0.291 e. The van der Waals surface area contributed by atoms with Crippen LogP contribution in [0.15, 0.2) is 0 Å². The van der Waals surface area contributed by atoms with Crippen LogP contribution in [0.4, 0.5) is 0 Å². The third-order valence-electron chi connectivity index (χ3n) is 2.32. The molecule has 0 amide bonds. The first-order valence-electron chi connectivity index (χ1n) is 5.56. The van der Waals surface area contributed by atoms with Crippen molar-refractivity contribution in [2.45, 2.75) is 43.6 Å². The molecular formula is C11H18O2S2. The van der Waals surface area contributed by atoms with Crippen LogP contribution in [0.2, 0.25) is 0 Å². The lowest BCUT2D eigenvalue weighted by atomic mass is 10.1. The molecule has 0 saturated carbocycles. The Bertz CT molecular complexity index is 223. The van der Waals surface area contributed by atoms with Gasteiger partial charge in [-0.05, 0) is 24.3 Å². The topological polar surface area (TPSA) is 34.1 Å². The third kappa shape index (κ3) is 4.60. The molecule has 0 atom stereocenters. The molecule has 4 heteroatoms. The van der Waals surface area contributed by atoms with Gasteiger partial charge >= 0.3 is 0 Å². The summed E-state index contributed by atoms with van der Waals surface area (Å²) in [6, 6.07) is 0. The van der Waals surface area contributed by atoms with Crippen LogP contribution in [-0.4, -0.2) is 27.7 Å². The molecule has 1 fully saturated rings. The summed E-state index contributed by atoms with van der Waals surface area (Å²) in [7, 11) is 0. The lowest BCUT2D eigenvalue weighted by Crippen LogP contribution is -2.26. The number of rotatable bonds is 6. The van der Waals surface area contributed by atoms with Crippen molar-refractivity contribution in [1.29, 1.82) is 0 Å². The van der Waals surface area contributed by atoms with Crippen LogP contribution in [0.1, 0.15) is 39.0 Å². The van der Waals surface area contributed by atoms with E-state index < -0.39 is 0 Å². The van der Waals surface area contributed by atoms with Crippen LogP contribution in [0.3, 0.4) is 0 Å². The molecule has 0 unspecified atom stereocenters. The fourth-order valence-electron chi connectivity index (χ4n) is 1.43. The maximum absolute atomic E-state index is 11.7. The molecule has 1 aliphatic rings. The van der Waals surface area contributed by atoms with Crippen LogP contribution in [0.5, 0.6) is 0 Å². The maximum Gasteiger partial charge on any atom is 0.221 e. The summed E-state index contributed by atoms with van der Waals surface area (Å²) in [4.78, 5) is 23.2. The van der Waals surface area contributed by atoms with E-state index >= 15 is 0 Å². The zero-order valence-electron chi connectivity index (χ0n) is 9.16. The summed E-state index contributed by atoms with van der Waals surface area (Å²) in [5.41, 5.74) is 0. The number of Topliss-reactive ketones (excluding diaryl/α,β-unsaturated/α-hetero) is 2. The van der Waals surface area contributed by atoms with Crippen LogP contribution >= 0.6 is 23.5 Å². The summed E-state index contributed by atoms with van der Waals surface area (Å²) in [5, 5.41) is 0. The molecule has 1 aliphatic heterocycles. The van der Waals surface area contributed by atoms with Crippen molar-refractivity contribution in [2.75, 3.05) is 11.5 Å². The van der Waals surface area contributed by atoms with E-state index in [4.69, 9.17) is 0 Å². The fourth-order valence-corrected chi connectivity index (χ4v) is 4.19. The van der Waals surface area contributed by atoms with E-state index in [1.54, 1.807) is 23.5 Å². The van der Waals surface area contributed by atoms with E-state index in [0.29, 0.717) is 6.42 Å². The SMILES string of the molecule is CCCCCC(=O)C(=O)C1SCCCS1. The standard InChI is InChI=1S/C11H18O2S2/c1-2-3-4-6-9(12)10(13)11-14-7-5-8-15-11/h11H,2-8H2,1H3. The molecular weight excluding hydrogens is 228 g/mol. The monoisotopic (exact) mass is 246 g/mol. The minimum atomic E-state index is -0.157. The van der Waals surface area contributed by atoms with Crippen molar-refractivity contribution < 1.29 is 9.59 Å². The highest BCUT2D eigenvalue weighted by Crippen LogP contribution is 2.31. The quantitative estimate of drug-likeness (QED) is 0.533. The number of unbranched alkanes of at least 4 members (excludes halogenated alkanes) is 2. The lowest BCUT2D eigenvalue weighted by Gasteiger charge is -2.18. The Kier molecular flexibility index (Phi) is 6.41. The molecule has 0 radical (unpaired) electrons. The van der Waals surface area contributed by atoms with Crippen LogP contribution in [-0.2, 0) is 9.59 Å². The molecule has 0 spiro atoms. The first-order chi connectivity index (χ1) is 7.25. The Balaban J connectivity index is 2.28. The number of carbonyl (C=O) groups excluding carboxylic acids is 2. The van der Waals surface area contributed by atoms with Gasteiger partial charge in [0.15, 0.2) is 5.78 Å². The second-order valence-electron chi connectivity index (χ2n) is 3.67. The average molecular weight is 246 g/mol. The van der Waals surface area contributed by atoms with E-state index in [0.717, 1.165) is 37.2 Å². The molecule has 86 valence electrons. The van der Waals surface area contributed by atoms with Crippen LogP contribution < -0.4 is 0 Å². The number of hydrogen-bond donors (Lipinski definition) is 0. The van der Waals surface area contributed by atoms with E-state index in [1.165, 1.54) is 0 Å². The van der Waals surface area contributed by atoms with Crippen molar-refractivity contribution in [3.63, 3.8) is 0 Å². The zero-order valence-corrected chi connectivity index (χ0v) is 10.8. The highest BCUT2D eigenvalue weighted by molar-refractivity contribution is 8.18. The zero-order chi connectivity index (χ0) is 11.1. The predicted molar refractivity (Wildman–Crippen MR) is 67.5 cm³/mol. The van der Waals surface area contributed by atoms with Gasteiger partial charge in [-0.15, -0.1) is 23.5 Å². The van der Waals surface area contributed by atoms with Crippen LogP contribution in [0.25, 0.3) is 0 Å². The summed E-state index contributed by atoms with van der Waals surface area (Å²) < 4.78 is -0.104. The van der Waals surface area contributed by atoms with Crippen LogP contribution in [0, 0.1) is 0 Å². The van der Waals surface area contributed by atoms with Crippen molar-refractivity contribution >= 4 is 35.1 Å². The van der Waals surface area contributed by atoms with Gasteiger partial charge in [-0.3, -0.25) is 9.59 Å². The molecule has 15 heavy (non-hydrogen) atoms. The molecule has 0 bridgehead atoms. The minimum absolute atomic E-state index is 0.104. The maximum atomic E-state index is 11.7. The Labute approximate surface area is 100.0 Å². The molecule has 0 aromatic carbocycles. The third-order valence-corrected chi connectivity index (χ3v) is 5.22. The Hall–Kier alpha value is 0.0400. The highest BCUT2D eigenvalue weighted by Gasteiger charge is 2.27. The smallest absolute Gasteiger partial charge is 0.221 e. The Morgan fingerprint density at radius 1 is 1.20 bits per heavy atom. The van der Waals surface area contributed by atoms with Crippen molar-refractivity contribution in [3.05, 3.63) is 0 Å². The first kappa shape index (κ1) is 13.1. The van der Waals surface area contributed by atoms with Gasteiger partial charge in [0.1, 0.15) is 4.58 Å². The predicted octanol–water partition coefficient (Wildman–Crippen LogP) is 2.90. The van der Waals surface area contributed by atoms with E-state index in [2.05, 4.69) is 6.92 Å². The number of hydrogen-bond acceptors (Lipinski definition) is 4. The first-order valence-corrected chi connectivity index (χ1v) is 7.65. The van der Waals surface area contributed by atoms with Crippen molar-refractivity contribution in [3.8, 4) is 0 Å². The van der Waals surface area contributed by atoms with Gasteiger partial charge in [0.25, 0.3) is 0 Å². The molecule has 1 rings (SSSR count). The molecule has 2 nitrogen and oxygen atoms in total. The van der Waals surface area contributed by atoms with Gasteiger partial charge in [-0.25, -0.2) is 0 Å². The fraction of sp³-hybridized carbons (Fsp3) is 0.818. The summed E-state index contributed by atoms with van der Waals surface area (Å²) in [5.74, 6) is 1.73. The Morgan fingerprint density at radius 3 is 2.47 bits per heavy atom. The second kappa shape index (κ2) is 7.34. The van der Waals surface area contributed by atoms with E-state index in [1.807, 2.05) is 0 Å². The molecule has 0 aromatic rings. The van der Waals surface area contributed by atoms with Gasteiger partial charge in [-0.2, -0.15) is 0 Å². The molecule has 1 saturated heterocycles. The summed E-state index contributed by atoms with van der Waals surface area (Å²) in [6.07, 6.45) is 4.61.